The van der Waals surface area contributed by atoms with Crippen molar-refractivity contribution in [3.05, 3.63) is 24.3 Å². The molecule has 7 heteroatoms. The fraction of sp³-hybridized carbons (Fsp3) is 0.667. The summed E-state index contributed by atoms with van der Waals surface area (Å²) in [5, 5.41) is 3.06. The molecule has 2 aliphatic rings. The first-order valence-electron chi connectivity index (χ1n) is 10.5. The van der Waals surface area contributed by atoms with Crippen LogP contribution in [0, 0.1) is 0 Å². The van der Waals surface area contributed by atoms with Gasteiger partial charge < -0.3 is 24.9 Å². The minimum Gasteiger partial charge on any atom is -0.369 e. The van der Waals surface area contributed by atoms with Gasteiger partial charge in [-0.25, -0.2) is 4.79 Å². The maximum absolute atomic E-state index is 12.6. The van der Waals surface area contributed by atoms with E-state index in [4.69, 9.17) is 0 Å². The minimum absolute atomic E-state index is 0.0142. The lowest BCUT2D eigenvalue weighted by molar-refractivity contribution is 0.144. The molecule has 7 nitrogen and oxygen atoms in total. The van der Waals surface area contributed by atoms with E-state index in [1.165, 1.54) is 12.1 Å². The minimum atomic E-state index is 0.0142. The van der Waals surface area contributed by atoms with Gasteiger partial charge in [0.2, 0.25) is 0 Å². The zero-order chi connectivity index (χ0) is 19.9. The standard InChI is InChI=1S/C21H36N6O/c1-23(2)9-4-10-25-13-17-27(18-14-25)21(28)22-19-5-7-20(8-6-19)26-15-11-24(3)12-16-26/h5-8H,4,9-18H2,1-3H3,(H,22,28). The van der Waals surface area contributed by atoms with E-state index in [-0.39, 0.29) is 6.03 Å². The van der Waals surface area contributed by atoms with Crippen LogP contribution in [-0.4, -0.2) is 112 Å². The Bertz CT molecular complexity index is 604. The van der Waals surface area contributed by atoms with Crippen molar-refractivity contribution < 1.29 is 4.79 Å². The Morgan fingerprint density at radius 1 is 0.964 bits per heavy atom. The molecule has 0 bridgehead atoms. The summed E-state index contributed by atoms with van der Waals surface area (Å²) < 4.78 is 0. The third-order valence-electron chi connectivity index (χ3n) is 5.73. The zero-order valence-corrected chi connectivity index (χ0v) is 17.7. The topological polar surface area (TPSA) is 45.3 Å². The monoisotopic (exact) mass is 388 g/mol. The molecule has 1 aromatic carbocycles. The van der Waals surface area contributed by atoms with E-state index in [1.54, 1.807) is 0 Å². The van der Waals surface area contributed by atoms with E-state index in [0.717, 1.165) is 71.1 Å². The van der Waals surface area contributed by atoms with Gasteiger partial charge >= 0.3 is 6.03 Å². The molecule has 2 saturated heterocycles. The van der Waals surface area contributed by atoms with Crippen molar-refractivity contribution in [2.24, 2.45) is 0 Å². The van der Waals surface area contributed by atoms with Gasteiger partial charge in [0.1, 0.15) is 0 Å². The molecule has 0 unspecified atom stereocenters. The number of amides is 2. The van der Waals surface area contributed by atoms with Crippen LogP contribution in [0.25, 0.3) is 0 Å². The van der Waals surface area contributed by atoms with Crippen molar-refractivity contribution in [2.75, 3.05) is 96.8 Å². The molecule has 156 valence electrons. The van der Waals surface area contributed by atoms with Gasteiger partial charge in [-0.15, -0.1) is 0 Å². The smallest absolute Gasteiger partial charge is 0.321 e. The summed E-state index contributed by atoms with van der Waals surface area (Å²) >= 11 is 0. The molecule has 0 aromatic heterocycles. The summed E-state index contributed by atoms with van der Waals surface area (Å²) in [7, 11) is 6.39. The van der Waals surface area contributed by atoms with Crippen molar-refractivity contribution in [3.8, 4) is 0 Å². The highest BCUT2D eigenvalue weighted by atomic mass is 16.2. The number of nitrogens with zero attached hydrogens (tertiary/aromatic N) is 5. The highest BCUT2D eigenvalue weighted by Crippen LogP contribution is 2.19. The van der Waals surface area contributed by atoms with Crippen molar-refractivity contribution in [3.63, 3.8) is 0 Å². The normalized spacial score (nSPS) is 19.3. The van der Waals surface area contributed by atoms with Gasteiger partial charge in [-0.05, 0) is 64.9 Å². The number of likely N-dealkylation sites (N-methyl/N-ethyl adjacent to an activating group) is 1. The molecule has 2 amide bonds. The number of nitrogens with one attached hydrogen (secondary N) is 1. The lowest BCUT2D eigenvalue weighted by Crippen LogP contribution is -2.50. The lowest BCUT2D eigenvalue weighted by Gasteiger charge is -2.35. The van der Waals surface area contributed by atoms with Gasteiger partial charge in [0.15, 0.2) is 0 Å². The van der Waals surface area contributed by atoms with E-state index in [2.05, 4.69) is 58.2 Å². The Balaban J connectivity index is 1.41. The average Bonchev–Trinajstić information content (AvgIpc) is 2.69. The fourth-order valence-electron chi connectivity index (χ4n) is 3.81. The van der Waals surface area contributed by atoms with E-state index in [0.29, 0.717) is 0 Å². The zero-order valence-electron chi connectivity index (χ0n) is 17.7. The quantitative estimate of drug-likeness (QED) is 0.801. The molecule has 2 heterocycles. The van der Waals surface area contributed by atoms with Gasteiger partial charge in [0.05, 0.1) is 0 Å². The number of carbonyl (C=O) groups is 1. The van der Waals surface area contributed by atoms with Gasteiger partial charge in [0, 0.05) is 63.7 Å². The third-order valence-corrected chi connectivity index (χ3v) is 5.73. The SMILES string of the molecule is CN(C)CCCN1CCN(C(=O)Nc2ccc(N3CCN(C)CC3)cc2)CC1. The molecule has 0 atom stereocenters. The number of hydrogen-bond donors (Lipinski definition) is 1. The van der Waals surface area contributed by atoms with E-state index >= 15 is 0 Å². The predicted octanol–water partition coefficient (Wildman–Crippen LogP) is 1.54. The number of carbonyl (C=O) groups excluding carboxylic acids is 1. The van der Waals surface area contributed by atoms with Gasteiger partial charge in [-0.1, -0.05) is 0 Å². The first-order chi connectivity index (χ1) is 13.5. The molecule has 0 spiro atoms. The van der Waals surface area contributed by atoms with Crippen LogP contribution in [0.2, 0.25) is 0 Å². The number of urea groups is 1. The summed E-state index contributed by atoms with van der Waals surface area (Å²) in [5.41, 5.74) is 2.11. The number of benzene rings is 1. The Labute approximate surface area is 169 Å². The van der Waals surface area contributed by atoms with E-state index in [9.17, 15) is 4.79 Å². The molecule has 0 radical (unpaired) electrons. The van der Waals surface area contributed by atoms with Crippen LogP contribution in [-0.2, 0) is 0 Å². The number of piperazine rings is 2. The number of hydrogen-bond acceptors (Lipinski definition) is 5. The first-order valence-corrected chi connectivity index (χ1v) is 10.5. The van der Waals surface area contributed by atoms with Crippen molar-refractivity contribution in [1.82, 2.24) is 19.6 Å². The Morgan fingerprint density at radius 2 is 1.61 bits per heavy atom. The molecule has 2 aliphatic heterocycles. The largest absolute Gasteiger partial charge is 0.369 e. The second-order valence-electron chi connectivity index (χ2n) is 8.25. The Morgan fingerprint density at radius 3 is 2.21 bits per heavy atom. The second kappa shape index (κ2) is 10.1. The highest BCUT2D eigenvalue weighted by Gasteiger charge is 2.21. The maximum atomic E-state index is 12.6. The fourth-order valence-corrected chi connectivity index (χ4v) is 3.81. The third kappa shape index (κ3) is 6.09. The van der Waals surface area contributed by atoms with Gasteiger partial charge in [-0.3, -0.25) is 4.90 Å². The lowest BCUT2D eigenvalue weighted by atomic mass is 10.2. The summed E-state index contributed by atoms with van der Waals surface area (Å²) in [4.78, 5) is 23.9. The van der Waals surface area contributed by atoms with Crippen LogP contribution in [0.1, 0.15) is 6.42 Å². The van der Waals surface area contributed by atoms with Crippen molar-refractivity contribution in [2.45, 2.75) is 6.42 Å². The van der Waals surface area contributed by atoms with Crippen LogP contribution in [0.3, 0.4) is 0 Å². The molecule has 2 fully saturated rings. The summed E-state index contributed by atoms with van der Waals surface area (Å²) in [6, 6.07) is 8.28. The molecule has 1 aromatic rings. The summed E-state index contributed by atoms with van der Waals surface area (Å²) in [5.74, 6) is 0. The van der Waals surface area contributed by atoms with Crippen molar-refractivity contribution >= 4 is 17.4 Å². The Hall–Kier alpha value is -1.83. The molecule has 0 saturated carbocycles. The maximum Gasteiger partial charge on any atom is 0.321 e. The van der Waals surface area contributed by atoms with Crippen LogP contribution in [0.4, 0.5) is 16.2 Å². The first kappa shape index (κ1) is 20.9. The van der Waals surface area contributed by atoms with Crippen molar-refractivity contribution in [1.29, 1.82) is 0 Å². The molecule has 3 rings (SSSR count). The molecular formula is C21H36N6O. The van der Waals surface area contributed by atoms with Crippen LogP contribution in [0.5, 0.6) is 0 Å². The molecule has 1 N–H and O–H groups in total. The van der Waals surface area contributed by atoms with Gasteiger partial charge in [-0.2, -0.15) is 0 Å². The van der Waals surface area contributed by atoms with E-state index < -0.39 is 0 Å². The summed E-state index contributed by atoms with van der Waals surface area (Å²) in [6.07, 6.45) is 1.18. The average molecular weight is 389 g/mol. The molecular weight excluding hydrogens is 352 g/mol. The van der Waals surface area contributed by atoms with Crippen LogP contribution >= 0.6 is 0 Å². The molecule has 28 heavy (non-hydrogen) atoms. The Kier molecular flexibility index (Phi) is 7.53. The van der Waals surface area contributed by atoms with Gasteiger partial charge in [0.25, 0.3) is 0 Å². The number of rotatable bonds is 6. The molecule has 0 aliphatic carbocycles. The van der Waals surface area contributed by atoms with Crippen LogP contribution in [0.15, 0.2) is 24.3 Å². The number of anilines is 2. The second-order valence-corrected chi connectivity index (χ2v) is 8.25. The van der Waals surface area contributed by atoms with Crippen LogP contribution < -0.4 is 10.2 Å². The predicted molar refractivity (Wildman–Crippen MR) is 116 cm³/mol. The van der Waals surface area contributed by atoms with E-state index in [1.807, 2.05) is 17.0 Å². The summed E-state index contributed by atoms with van der Waals surface area (Å²) in [6.45, 7) is 10.1. The highest BCUT2D eigenvalue weighted by molar-refractivity contribution is 5.89.